The van der Waals surface area contributed by atoms with Crippen LogP contribution in [-0.2, 0) is 4.74 Å². The molecule has 19 heavy (non-hydrogen) atoms. The van der Waals surface area contributed by atoms with Crippen LogP contribution in [0.4, 0.5) is 5.69 Å². The third kappa shape index (κ3) is 2.53. The van der Waals surface area contributed by atoms with Gasteiger partial charge in [0.15, 0.2) is 0 Å². The Morgan fingerprint density at radius 1 is 1.37 bits per heavy atom. The van der Waals surface area contributed by atoms with Crippen LogP contribution in [0.3, 0.4) is 0 Å². The van der Waals surface area contributed by atoms with Crippen LogP contribution in [0.5, 0.6) is 0 Å². The molecule has 4 heteroatoms. The molecule has 1 heterocycles. The molecule has 1 aliphatic carbocycles. The van der Waals surface area contributed by atoms with Gasteiger partial charge in [-0.1, -0.05) is 11.6 Å². The number of hydrogen-bond acceptors (Lipinski definition) is 3. The summed E-state index contributed by atoms with van der Waals surface area (Å²) in [5.74, 6) is 0. The molecular formula is C15H17ClN2O. The Balaban J connectivity index is 1.77. The zero-order valence-electron chi connectivity index (χ0n) is 10.9. The minimum Gasteiger partial charge on any atom is -0.382 e. The van der Waals surface area contributed by atoms with Crippen molar-refractivity contribution in [2.45, 2.75) is 31.9 Å². The van der Waals surface area contributed by atoms with E-state index in [2.05, 4.69) is 16.4 Å². The predicted molar refractivity (Wildman–Crippen MR) is 78.8 cm³/mol. The molecule has 0 unspecified atom stereocenters. The average Bonchev–Trinajstić information content (AvgIpc) is 2.39. The van der Waals surface area contributed by atoms with Crippen molar-refractivity contribution in [2.24, 2.45) is 0 Å². The van der Waals surface area contributed by atoms with Gasteiger partial charge < -0.3 is 10.1 Å². The van der Waals surface area contributed by atoms with E-state index in [1.165, 1.54) is 0 Å². The molecule has 0 atom stereocenters. The summed E-state index contributed by atoms with van der Waals surface area (Å²) in [4.78, 5) is 4.34. The monoisotopic (exact) mass is 276 g/mol. The highest BCUT2D eigenvalue weighted by Gasteiger charge is 2.29. The third-order valence-corrected chi connectivity index (χ3v) is 3.88. The Labute approximate surface area is 117 Å². The maximum Gasteiger partial charge on any atom is 0.0908 e. The van der Waals surface area contributed by atoms with Gasteiger partial charge in [0.25, 0.3) is 0 Å². The molecule has 1 N–H and O–H groups in total. The average molecular weight is 277 g/mol. The number of nitrogens with one attached hydrogen (secondary N) is 1. The first-order valence-electron chi connectivity index (χ1n) is 6.69. The van der Waals surface area contributed by atoms with Gasteiger partial charge in [0.05, 0.1) is 16.6 Å². The van der Waals surface area contributed by atoms with Gasteiger partial charge in [0, 0.05) is 29.9 Å². The smallest absolute Gasteiger partial charge is 0.0908 e. The van der Waals surface area contributed by atoms with E-state index in [-0.39, 0.29) is 0 Å². The summed E-state index contributed by atoms with van der Waals surface area (Å²) in [6.45, 7) is 2.84. The van der Waals surface area contributed by atoms with Crippen molar-refractivity contribution in [3.05, 3.63) is 35.5 Å². The second-order valence-corrected chi connectivity index (χ2v) is 5.29. The Hall–Kier alpha value is -1.32. The molecular weight excluding hydrogens is 260 g/mol. The summed E-state index contributed by atoms with van der Waals surface area (Å²) in [7, 11) is 0. The van der Waals surface area contributed by atoms with Gasteiger partial charge in [-0.3, -0.25) is 4.98 Å². The molecule has 3 nitrogen and oxygen atoms in total. The lowest BCUT2D eigenvalue weighted by atomic mass is 9.89. The highest BCUT2D eigenvalue weighted by atomic mass is 35.5. The van der Waals surface area contributed by atoms with E-state index >= 15 is 0 Å². The Morgan fingerprint density at radius 3 is 3.00 bits per heavy atom. The number of hydrogen-bond donors (Lipinski definition) is 1. The number of anilines is 1. The van der Waals surface area contributed by atoms with E-state index in [9.17, 15) is 0 Å². The van der Waals surface area contributed by atoms with Gasteiger partial charge in [-0.25, -0.2) is 0 Å². The lowest BCUT2D eigenvalue weighted by molar-refractivity contribution is 0.00302. The SMILES string of the molecule is CCOC1CC(Nc2ccc(Cl)c3ncccc23)C1. The number of fused-ring (bicyclic) bond motifs is 1. The van der Waals surface area contributed by atoms with Crippen molar-refractivity contribution in [1.29, 1.82) is 0 Å². The molecule has 1 aromatic heterocycles. The lowest BCUT2D eigenvalue weighted by Gasteiger charge is -2.36. The Kier molecular flexibility index (Phi) is 3.58. The van der Waals surface area contributed by atoms with Crippen molar-refractivity contribution < 1.29 is 4.74 Å². The van der Waals surface area contributed by atoms with E-state index in [0.29, 0.717) is 17.2 Å². The summed E-state index contributed by atoms with van der Waals surface area (Å²) < 4.78 is 5.58. The lowest BCUT2D eigenvalue weighted by Crippen LogP contribution is -2.40. The van der Waals surface area contributed by atoms with E-state index in [0.717, 1.165) is 36.0 Å². The summed E-state index contributed by atoms with van der Waals surface area (Å²) in [5, 5.41) is 5.33. The predicted octanol–water partition coefficient (Wildman–Crippen LogP) is 3.87. The first-order valence-corrected chi connectivity index (χ1v) is 7.07. The van der Waals surface area contributed by atoms with Crippen LogP contribution < -0.4 is 5.32 Å². The summed E-state index contributed by atoms with van der Waals surface area (Å²) in [6.07, 6.45) is 4.32. The fraction of sp³-hybridized carbons (Fsp3) is 0.400. The van der Waals surface area contributed by atoms with E-state index < -0.39 is 0 Å². The maximum absolute atomic E-state index is 6.17. The molecule has 0 radical (unpaired) electrons. The van der Waals surface area contributed by atoms with E-state index in [1.807, 2.05) is 25.1 Å². The Morgan fingerprint density at radius 2 is 2.21 bits per heavy atom. The molecule has 2 aromatic rings. The first kappa shape index (κ1) is 12.7. The molecule has 100 valence electrons. The normalized spacial score (nSPS) is 22.2. The van der Waals surface area contributed by atoms with Crippen LogP contribution in [0.1, 0.15) is 19.8 Å². The van der Waals surface area contributed by atoms with E-state index in [4.69, 9.17) is 16.3 Å². The molecule has 0 saturated heterocycles. The highest BCUT2D eigenvalue weighted by molar-refractivity contribution is 6.35. The van der Waals surface area contributed by atoms with Crippen molar-refractivity contribution in [2.75, 3.05) is 11.9 Å². The van der Waals surface area contributed by atoms with Gasteiger partial charge in [-0.05, 0) is 44.0 Å². The van der Waals surface area contributed by atoms with Crippen LogP contribution in [0.25, 0.3) is 10.9 Å². The van der Waals surface area contributed by atoms with Gasteiger partial charge in [-0.2, -0.15) is 0 Å². The summed E-state index contributed by atoms with van der Waals surface area (Å²) >= 11 is 6.17. The molecule has 0 bridgehead atoms. The number of benzene rings is 1. The maximum atomic E-state index is 6.17. The third-order valence-electron chi connectivity index (χ3n) is 3.58. The van der Waals surface area contributed by atoms with Crippen molar-refractivity contribution in [3.63, 3.8) is 0 Å². The first-order chi connectivity index (χ1) is 9.28. The largest absolute Gasteiger partial charge is 0.382 e. The molecule has 0 amide bonds. The fourth-order valence-corrected chi connectivity index (χ4v) is 2.75. The highest BCUT2D eigenvalue weighted by Crippen LogP contribution is 2.32. The van der Waals surface area contributed by atoms with Gasteiger partial charge in [-0.15, -0.1) is 0 Å². The fourth-order valence-electron chi connectivity index (χ4n) is 2.54. The van der Waals surface area contributed by atoms with Crippen LogP contribution in [-0.4, -0.2) is 23.7 Å². The van der Waals surface area contributed by atoms with Crippen LogP contribution in [0.15, 0.2) is 30.5 Å². The number of rotatable bonds is 4. The van der Waals surface area contributed by atoms with Crippen molar-refractivity contribution in [3.8, 4) is 0 Å². The molecule has 1 aromatic carbocycles. The van der Waals surface area contributed by atoms with Crippen molar-refractivity contribution >= 4 is 28.2 Å². The number of ether oxygens (including phenoxy) is 1. The molecule has 1 fully saturated rings. The molecule has 0 aliphatic heterocycles. The topological polar surface area (TPSA) is 34.1 Å². The van der Waals surface area contributed by atoms with Crippen LogP contribution in [0.2, 0.25) is 5.02 Å². The number of aromatic nitrogens is 1. The second kappa shape index (κ2) is 5.35. The second-order valence-electron chi connectivity index (χ2n) is 4.88. The minimum absolute atomic E-state index is 0.416. The van der Waals surface area contributed by atoms with E-state index in [1.54, 1.807) is 6.20 Å². The molecule has 0 spiro atoms. The van der Waals surface area contributed by atoms with Gasteiger partial charge in [0.1, 0.15) is 0 Å². The van der Waals surface area contributed by atoms with Crippen LogP contribution in [0, 0.1) is 0 Å². The van der Waals surface area contributed by atoms with Gasteiger partial charge in [0.2, 0.25) is 0 Å². The van der Waals surface area contributed by atoms with Crippen LogP contribution >= 0.6 is 11.6 Å². The Bertz CT molecular complexity index is 581. The van der Waals surface area contributed by atoms with Gasteiger partial charge >= 0.3 is 0 Å². The zero-order chi connectivity index (χ0) is 13.2. The quantitative estimate of drug-likeness (QED) is 0.920. The summed E-state index contributed by atoms with van der Waals surface area (Å²) in [6, 6.07) is 8.40. The zero-order valence-corrected chi connectivity index (χ0v) is 11.7. The standard InChI is InChI=1S/C15H17ClN2O/c1-2-19-11-8-10(9-11)18-14-6-5-13(16)15-12(14)4-3-7-17-15/h3-7,10-11,18H,2,8-9H2,1H3. The minimum atomic E-state index is 0.416. The molecule has 1 saturated carbocycles. The molecule has 3 rings (SSSR count). The number of pyridine rings is 1. The van der Waals surface area contributed by atoms with Crippen molar-refractivity contribution in [1.82, 2.24) is 4.98 Å². The summed E-state index contributed by atoms with van der Waals surface area (Å²) in [5.41, 5.74) is 1.96. The number of halogens is 1. The molecule has 1 aliphatic rings. The number of nitrogens with zero attached hydrogens (tertiary/aromatic N) is 1.